The number of hydrogen-bond donors (Lipinski definition) is 1. The maximum Gasteiger partial charge on any atom is 0.270 e. The predicted octanol–water partition coefficient (Wildman–Crippen LogP) is 5.57. The fraction of sp³-hybridized carbons (Fsp3) is 0.517. The molecule has 5 rings (SSSR count). The van der Waals surface area contributed by atoms with E-state index in [4.69, 9.17) is 11.6 Å². The number of imidazole rings is 1. The highest BCUT2D eigenvalue weighted by atomic mass is 35.5. The molecule has 2 saturated heterocycles. The molecule has 0 aliphatic carbocycles. The van der Waals surface area contributed by atoms with Crippen LogP contribution in [0.5, 0.6) is 0 Å². The van der Waals surface area contributed by atoms with Crippen molar-refractivity contribution in [2.45, 2.75) is 58.4 Å². The quantitative estimate of drug-likeness (QED) is 0.433. The number of hydrogen-bond acceptors (Lipinski definition) is 4. The van der Waals surface area contributed by atoms with Crippen LogP contribution in [0.1, 0.15) is 67.2 Å². The number of fused-ring (bicyclic) bond motifs is 1. The first-order chi connectivity index (χ1) is 17.6. The molecule has 2 fully saturated rings. The molecular weight excluding hydrogens is 470 g/mol. The van der Waals surface area contributed by atoms with Crippen LogP contribution in [0, 0.1) is 5.92 Å². The molecule has 0 unspecified atom stereocenters. The minimum absolute atomic E-state index is 0.127. The van der Waals surface area contributed by atoms with E-state index in [0.717, 1.165) is 35.9 Å². The second-order valence-electron chi connectivity index (χ2n) is 10.3. The number of aromatic nitrogens is 2. The van der Waals surface area contributed by atoms with Crippen LogP contribution in [0.4, 0.5) is 5.69 Å². The van der Waals surface area contributed by atoms with Gasteiger partial charge in [-0.25, -0.2) is 4.98 Å². The summed E-state index contributed by atoms with van der Waals surface area (Å²) in [6.07, 6.45) is 10.5. The molecule has 3 aromatic rings. The molecule has 192 valence electrons. The molecular formula is C29H38ClN5O. The number of benzene rings is 1. The second-order valence-corrected chi connectivity index (χ2v) is 10.7. The van der Waals surface area contributed by atoms with Gasteiger partial charge in [0.05, 0.1) is 10.7 Å². The molecule has 1 aromatic carbocycles. The topological polar surface area (TPSA) is 52.9 Å². The van der Waals surface area contributed by atoms with Crippen molar-refractivity contribution in [2.24, 2.45) is 5.92 Å². The van der Waals surface area contributed by atoms with E-state index < -0.39 is 0 Å². The third kappa shape index (κ3) is 5.87. The molecule has 2 aromatic heterocycles. The van der Waals surface area contributed by atoms with E-state index in [-0.39, 0.29) is 5.91 Å². The first-order valence-corrected chi connectivity index (χ1v) is 14.0. The Morgan fingerprint density at radius 1 is 1.03 bits per heavy atom. The second kappa shape index (κ2) is 11.7. The van der Waals surface area contributed by atoms with Crippen molar-refractivity contribution in [3.8, 4) is 0 Å². The fourth-order valence-corrected chi connectivity index (χ4v) is 5.83. The number of nitrogens with one attached hydrogen (secondary N) is 1. The van der Waals surface area contributed by atoms with Crippen LogP contribution >= 0.6 is 11.6 Å². The highest BCUT2D eigenvalue weighted by molar-refractivity contribution is 6.30. The van der Waals surface area contributed by atoms with Crippen molar-refractivity contribution in [1.29, 1.82) is 0 Å². The van der Waals surface area contributed by atoms with E-state index in [1.54, 1.807) is 16.7 Å². The number of likely N-dealkylation sites (tertiary alicyclic amines) is 1. The molecule has 0 saturated carbocycles. The summed E-state index contributed by atoms with van der Waals surface area (Å²) < 4.78 is 1.79. The lowest BCUT2D eigenvalue weighted by molar-refractivity contribution is 0.0944. The lowest BCUT2D eigenvalue weighted by atomic mass is 9.92. The Balaban J connectivity index is 1.12. The largest absolute Gasteiger partial charge is 0.372 e. The Morgan fingerprint density at radius 3 is 2.50 bits per heavy atom. The number of pyridine rings is 1. The average Bonchev–Trinajstić information content (AvgIpc) is 3.29. The van der Waals surface area contributed by atoms with Gasteiger partial charge in [0.25, 0.3) is 5.91 Å². The summed E-state index contributed by atoms with van der Waals surface area (Å²) in [5.41, 5.74) is 4.46. The molecule has 0 bridgehead atoms. The Morgan fingerprint density at radius 2 is 1.78 bits per heavy atom. The highest BCUT2D eigenvalue weighted by Crippen LogP contribution is 2.26. The van der Waals surface area contributed by atoms with Gasteiger partial charge in [-0.2, -0.15) is 0 Å². The SMILES string of the molecule is CCc1nc2ccc(Cl)cn2c1C(=O)NCc1ccc(N2CCC(CCN3CCCCC3)CC2)cc1. The van der Waals surface area contributed by atoms with Gasteiger partial charge < -0.3 is 15.1 Å². The van der Waals surface area contributed by atoms with Crippen molar-refractivity contribution < 1.29 is 4.79 Å². The summed E-state index contributed by atoms with van der Waals surface area (Å²) in [5.74, 6) is 0.734. The maximum absolute atomic E-state index is 13.1. The maximum atomic E-state index is 13.1. The zero-order chi connectivity index (χ0) is 24.9. The van der Waals surface area contributed by atoms with E-state index in [1.807, 2.05) is 13.0 Å². The molecule has 7 heteroatoms. The van der Waals surface area contributed by atoms with Gasteiger partial charge >= 0.3 is 0 Å². The summed E-state index contributed by atoms with van der Waals surface area (Å²) in [4.78, 5) is 22.8. The van der Waals surface area contributed by atoms with Crippen LogP contribution in [0.15, 0.2) is 42.6 Å². The number of rotatable bonds is 8. The highest BCUT2D eigenvalue weighted by Gasteiger charge is 2.21. The molecule has 2 aliphatic heterocycles. The minimum atomic E-state index is -0.127. The number of nitrogens with zero attached hydrogens (tertiary/aromatic N) is 4. The minimum Gasteiger partial charge on any atom is -0.372 e. The molecule has 4 heterocycles. The third-order valence-electron chi connectivity index (χ3n) is 7.88. The number of piperidine rings is 2. The number of anilines is 1. The first-order valence-electron chi connectivity index (χ1n) is 13.6. The Hall–Kier alpha value is -2.57. The monoisotopic (exact) mass is 507 g/mol. The van der Waals surface area contributed by atoms with Gasteiger partial charge in [-0.15, -0.1) is 0 Å². The van der Waals surface area contributed by atoms with Crippen molar-refractivity contribution in [3.05, 3.63) is 64.6 Å². The van der Waals surface area contributed by atoms with E-state index >= 15 is 0 Å². The van der Waals surface area contributed by atoms with Gasteiger partial charge in [-0.3, -0.25) is 9.20 Å². The molecule has 2 aliphatic rings. The Labute approximate surface area is 219 Å². The fourth-order valence-electron chi connectivity index (χ4n) is 5.67. The number of halogens is 1. The van der Waals surface area contributed by atoms with Crippen molar-refractivity contribution >= 4 is 28.8 Å². The Kier molecular flexibility index (Phi) is 8.12. The zero-order valence-electron chi connectivity index (χ0n) is 21.4. The van der Waals surface area contributed by atoms with Crippen LogP contribution in [-0.4, -0.2) is 52.9 Å². The predicted molar refractivity (Wildman–Crippen MR) is 147 cm³/mol. The summed E-state index contributed by atoms with van der Waals surface area (Å²) in [5, 5.41) is 3.65. The number of amides is 1. The summed E-state index contributed by atoms with van der Waals surface area (Å²) in [6.45, 7) is 8.66. The normalized spacial score (nSPS) is 17.6. The smallest absolute Gasteiger partial charge is 0.270 e. The molecule has 0 radical (unpaired) electrons. The van der Waals surface area contributed by atoms with E-state index in [9.17, 15) is 4.79 Å². The van der Waals surface area contributed by atoms with Gasteiger partial charge in [-0.1, -0.05) is 37.1 Å². The summed E-state index contributed by atoms with van der Waals surface area (Å²) in [6, 6.07) is 12.3. The van der Waals surface area contributed by atoms with E-state index in [0.29, 0.717) is 23.7 Å². The van der Waals surface area contributed by atoms with Crippen molar-refractivity contribution in [2.75, 3.05) is 37.6 Å². The third-order valence-corrected chi connectivity index (χ3v) is 8.10. The van der Waals surface area contributed by atoms with Crippen LogP contribution in [0.2, 0.25) is 5.02 Å². The van der Waals surface area contributed by atoms with Crippen molar-refractivity contribution in [1.82, 2.24) is 19.6 Å². The zero-order valence-corrected chi connectivity index (χ0v) is 22.1. The number of aryl methyl sites for hydroxylation is 1. The summed E-state index contributed by atoms with van der Waals surface area (Å²) in [7, 11) is 0. The standard InChI is InChI=1S/C29H38ClN5O/c1-2-26-28(35-21-24(30)8-11-27(35)32-26)29(36)31-20-23-6-9-25(10-7-23)34-18-13-22(14-19-34)12-17-33-15-4-3-5-16-33/h6-11,21-22H,2-5,12-20H2,1H3,(H,31,36). The van der Waals surface area contributed by atoms with Gasteiger partial charge in [-0.05, 0) is 93.9 Å². The lowest BCUT2D eigenvalue weighted by Gasteiger charge is -2.35. The first kappa shape index (κ1) is 25.1. The van der Waals surface area contributed by atoms with Crippen LogP contribution in [0.25, 0.3) is 5.65 Å². The molecule has 1 amide bonds. The molecule has 6 nitrogen and oxygen atoms in total. The molecule has 0 spiro atoms. The van der Waals surface area contributed by atoms with E-state index in [1.165, 1.54) is 63.8 Å². The summed E-state index contributed by atoms with van der Waals surface area (Å²) >= 11 is 6.17. The van der Waals surface area contributed by atoms with Gasteiger partial charge in [0, 0.05) is 31.5 Å². The Bertz CT molecular complexity index is 1160. The molecule has 1 N–H and O–H groups in total. The van der Waals surface area contributed by atoms with Crippen LogP contribution in [-0.2, 0) is 13.0 Å². The van der Waals surface area contributed by atoms with Crippen LogP contribution < -0.4 is 10.2 Å². The van der Waals surface area contributed by atoms with E-state index in [2.05, 4.69) is 44.4 Å². The number of carbonyl (C=O) groups is 1. The lowest BCUT2D eigenvalue weighted by Crippen LogP contribution is -2.36. The van der Waals surface area contributed by atoms with Crippen LogP contribution in [0.3, 0.4) is 0 Å². The average molecular weight is 508 g/mol. The number of carbonyl (C=O) groups excluding carboxylic acids is 1. The van der Waals surface area contributed by atoms with Gasteiger partial charge in [0.2, 0.25) is 0 Å². The van der Waals surface area contributed by atoms with Crippen molar-refractivity contribution in [3.63, 3.8) is 0 Å². The molecule has 36 heavy (non-hydrogen) atoms. The molecule has 0 atom stereocenters. The van der Waals surface area contributed by atoms with Gasteiger partial charge in [0.1, 0.15) is 11.3 Å². The van der Waals surface area contributed by atoms with Gasteiger partial charge in [0.15, 0.2) is 0 Å².